The number of hydroxylamine groups is 1. The Morgan fingerprint density at radius 3 is 2.58 bits per heavy atom. The Kier molecular flexibility index (Phi) is 7.00. The van der Waals surface area contributed by atoms with Crippen LogP contribution in [0.5, 0.6) is 0 Å². The van der Waals surface area contributed by atoms with Crippen LogP contribution in [0.1, 0.15) is 33.6 Å². The van der Waals surface area contributed by atoms with Gasteiger partial charge >= 0.3 is 0 Å². The summed E-state index contributed by atoms with van der Waals surface area (Å²) in [7, 11) is 0. The van der Waals surface area contributed by atoms with Crippen LogP contribution in [0.25, 0.3) is 0 Å². The van der Waals surface area contributed by atoms with Gasteiger partial charge in [-0.15, -0.1) is 0 Å². The summed E-state index contributed by atoms with van der Waals surface area (Å²) >= 11 is 0. The van der Waals surface area contributed by atoms with Gasteiger partial charge in [0.05, 0.1) is 0 Å². The lowest BCUT2D eigenvalue weighted by molar-refractivity contribution is -0.124. The smallest absolute Gasteiger partial charge is 0.150 e. The number of aldehydes is 1. The Labute approximate surface area is 74.4 Å². The maximum atomic E-state index is 10.4. The zero-order valence-corrected chi connectivity index (χ0v) is 8.17. The molecule has 1 atom stereocenters. The van der Waals surface area contributed by atoms with Crippen LogP contribution in [-0.2, 0) is 9.63 Å². The van der Waals surface area contributed by atoms with Crippen molar-refractivity contribution in [1.29, 1.82) is 0 Å². The van der Waals surface area contributed by atoms with E-state index in [0.717, 1.165) is 25.7 Å². The molecule has 0 aliphatic rings. The van der Waals surface area contributed by atoms with E-state index in [1.807, 2.05) is 6.92 Å². The summed E-state index contributed by atoms with van der Waals surface area (Å²) in [5.41, 5.74) is 2.79. The van der Waals surface area contributed by atoms with Gasteiger partial charge in [-0.2, -0.15) is 0 Å². The Bertz CT molecular complexity index is 115. The van der Waals surface area contributed by atoms with Crippen LogP contribution < -0.4 is 5.48 Å². The van der Waals surface area contributed by atoms with E-state index in [-0.39, 0.29) is 6.10 Å². The van der Waals surface area contributed by atoms with Gasteiger partial charge in [-0.3, -0.25) is 4.84 Å². The Morgan fingerprint density at radius 2 is 2.17 bits per heavy atom. The van der Waals surface area contributed by atoms with Crippen molar-refractivity contribution in [2.24, 2.45) is 5.92 Å². The van der Waals surface area contributed by atoms with Crippen LogP contribution in [0.2, 0.25) is 0 Å². The normalized spacial score (nSPS) is 13.3. The molecule has 3 heteroatoms. The molecule has 0 aromatic rings. The molecule has 3 nitrogen and oxygen atoms in total. The molecule has 0 bridgehead atoms. The summed E-state index contributed by atoms with van der Waals surface area (Å²) < 4.78 is 0. The fourth-order valence-corrected chi connectivity index (χ4v) is 0.761. The molecule has 0 saturated carbocycles. The molecular formula is C9H19NO2. The quantitative estimate of drug-likeness (QED) is 0.468. The van der Waals surface area contributed by atoms with E-state index in [4.69, 9.17) is 4.84 Å². The minimum absolute atomic E-state index is 0.284. The molecular weight excluding hydrogens is 154 g/mol. The highest BCUT2D eigenvalue weighted by Gasteiger charge is 2.05. The molecule has 0 radical (unpaired) electrons. The topological polar surface area (TPSA) is 38.3 Å². The van der Waals surface area contributed by atoms with Gasteiger partial charge in [-0.05, 0) is 12.3 Å². The molecule has 0 heterocycles. The van der Waals surface area contributed by atoms with E-state index in [9.17, 15) is 4.79 Å². The summed E-state index contributed by atoms with van der Waals surface area (Å²) in [5, 5.41) is 0. The third-order valence-corrected chi connectivity index (χ3v) is 1.45. The molecule has 0 aromatic carbocycles. The van der Waals surface area contributed by atoms with Crippen molar-refractivity contribution in [3.63, 3.8) is 0 Å². The van der Waals surface area contributed by atoms with Crippen molar-refractivity contribution in [3.8, 4) is 0 Å². The molecule has 1 unspecified atom stereocenters. The van der Waals surface area contributed by atoms with Crippen molar-refractivity contribution < 1.29 is 9.63 Å². The molecule has 0 amide bonds. The van der Waals surface area contributed by atoms with Crippen molar-refractivity contribution in [1.82, 2.24) is 5.48 Å². The molecule has 0 aliphatic carbocycles. The molecule has 0 aliphatic heterocycles. The standard InChI is InChI=1S/C9H19NO2/c1-4-5-9(7-11)12-10-6-8(2)3/h7-10H,4-6H2,1-3H3. The number of rotatable bonds is 7. The second-order valence-electron chi connectivity index (χ2n) is 3.32. The molecule has 0 aromatic heterocycles. The van der Waals surface area contributed by atoms with Gasteiger partial charge < -0.3 is 4.79 Å². The van der Waals surface area contributed by atoms with Crippen LogP contribution >= 0.6 is 0 Å². The van der Waals surface area contributed by atoms with E-state index >= 15 is 0 Å². The van der Waals surface area contributed by atoms with Crippen LogP contribution in [0, 0.1) is 5.92 Å². The predicted molar refractivity (Wildman–Crippen MR) is 48.7 cm³/mol. The number of hydrogen-bond donors (Lipinski definition) is 1. The van der Waals surface area contributed by atoms with Gasteiger partial charge in [0.1, 0.15) is 6.10 Å². The average molecular weight is 173 g/mol. The lowest BCUT2D eigenvalue weighted by Gasteiger charge is -2.12. The summed E-state index contributed by atoms with van der Waals surface area (Å²) in [6.07, 6.45) is 2.31. The van der Waals surface area contributed by atoms with Gasteiger partial charge in [0.15, 0.2) is 6.29 Å². The first-order valence-corrected chi connectivity index (χ1v) is 4.54. The van der Waals surface area contributed by atoms with Crippen molar-refractivity contribution >= 4 is 6.29 Å². The summed E-state index contributed by atoms with van der Waals surface area (Å²) in [4.78, 5) is 15.5. The van der Waals surface area contributed by atoms with E-state index in [2.05, 4.69) is 19.3 Å². The third kappa shape index (κ3) is 6.31. The molecule has 0 spiro atoms. The highest BCUT2D eigenvalue weighted by Crippen LogP contribution is 1.97. The van der Waals surface area contributed by atoms with Gasteiger partial charge in [-0.1, -0.05) is 27.2 Å². The van der Waals surface area contributed by atoms with Gasteiger partial charge in [0.2, 0.25) is 0 Å². The number of carbonyl (C=O) groups excluding carboxylic acids is 1. The van der Waals surface area contributed by atoms with E-state index in [1.165, 1.54) is 0 Å². The van der Waals surface area contributed by atoms with Gasteiger partial charge in [0.25, 0.3) is 0 Å². The maximum Gasteiger partial charge on any atom is 0.150 e. The van der Waals surface area contributed by atoms with Crippen molar-refractivity contribution in [3.05, 3.63) is 0 Å². The SMILES string of the molecule is CCCC(C=O)ONCC(C)C. The highest BCUT2D eigenvalue weighted by molar-refractivity contribution is 5.55. The Balaban J connectivity index is 3.37. The van der Waals surface area contributed by atoms with Crippen LogP contribution in [0.4, 0.5) is 0 Å². The number of hydrogen-bond acceptors (Lipinski definition) is 3. The largest absolute Gasteiger partial charge is 0.300 e. The number of nitrogens with one attached hydrogen (secondary N) is 1. The van der Waals surface area contributed by atoms with E-state index < -0.39 is 0 Å². The summed E-state index contributed by atoms with van der Waals surface area (Å²) in [6, 6.07) is 0. The third-order valence-electron chi connectivity index (χ3n) is 1.45. The van der Waals surface area contributed by atoms with Gasteiger partial charge in [-0.25, -0.2) is 5.48 Å². The Morgan fingerprint density at radius 1 is 1.50 bits per heavy atom. The predicted octanol–water partition coefficient (Wildman–Crippen LogP) is 1.53. The number of carbonyl (C=O) groups is 1. The second kappa shape index (κ2) is 7.25. The Hall–Kier alpha value is -0.410. The lowest BCUT2D eigenvalue weighted by atomic mass is 10.2. The molecule has 0 fully saturated rings. The first kappa shape index (κ1) is 11.6. The zero-order valence-electron chi connectivity index (χ0n) is 8.17. The average Bonchev–Trinajstić information content (AvgIpc) is 2.02. The van der Waals surface area contributed by atoms with Crippen molar-refractivity contribution in [2.75, 3.05) is 6.54 Å². The first-order chi connectivity index (χ1) is 5.70. The molecule has 1 N–H and O–H groups in total. The zero-order chi connectivity index (χ0) is 9.40. The first-order valence-electron chi connectivity index (χ1n) is 4.54. The fraction of sp³-hybridized carbons (Fsp3) is 0.889. The molecule has 0 rings (SSSR count). The summed E-state index contributed by atoms with van der Waals surface area (Å²) in [5.74, 6) is 0.541. The van der Waals surface area contributed by atoms with Crippen LogP contribution in [-0.4, -0.2) is 18.9 Å². The molecule has 72 valence electrons. The molecule has 0 saturated heterocycles. The minimum atomic E-state index is -0.284. The van der Waals surface area contributed by atoms with E-state index in [0.29, 0.717) is 5.92 Å². The minimum Gasteiger partial charge on any atom is -0.300 e. The van der Waals surface area contributed by atoms with E-state index in [1.54, 1.807) is 0 Å². The highest BCUT2D eigenvalue weighted by atomic mass is 16.7. The lowest BCUT2D eigenvalue weighted by Crippen LogP contribution is -2.27. The fourth-order valence-electron chi connectivity index (χ4n) is 0.761. The monoisotopic (exact) mass is 173 g/mol. The second-order valence-corrected chi connectivity index (χ2v) is 3.32. The van der Waals surface area contributed by atoms with Crippen LogP contribution in [0.15, 0.2) is 0 Å². The maximum absolute atomic E-state index is 10.4. The van der Waals surface area contributed by atoms with Gasteiger partial charge in [0, 0.05) is 6.54 Å². The van der Waals surface area contributed by atoms with Crippen molar-refractivity contribution in [2.45, 2.75) is 39.7 Å². The van der Waals surface area contributed by atoms with Crippen LogP contribution in [0.3, 0.4) is 0 Å². The molecule has 12 heavy (non-hydrogen) atoms. The summed E-state index contributed by atoms with van der Waals surface area (Å²) in [6.45, 7) is 6.99.